The van der Waals surface area contributed by atoms with Crippen LogP contribution in [0.5, 0.6) is 0 Å². The maximum atomic E-state index is 6.07. The molecule has 2 aromatic rings. The van der Waals surface area contributed by atoms with Crippen LogP contribution in [0, 0.1) is 6.92 Å². The predicted octanol–water partition coefficient (Wildman–Crippen LogP) is 3.90. The van der Waals surface area contributed by atoms with E-state index in [4.69, 9.17) is 4.74 Å². The van der Waals surface area contributed by atoms with Gasteiger partial charge in [-0.25, -0.2) is 0 Å². The van der Waals surface area contributed by atoms with E-state index in [1.54, 1.807) is 0 Å². The van der Waals surface area contributed by atoms with Crippen LogP contribution in [-0.2, 0) is 11.2 Å². The summed E-state index contributed by atoms with van der Waals surface area (Å²) in [5, 5.41) is 3.21. The van der Waals surface area contributed by atoms with Crippen LogP contribution in [0.2, 0.25) is 0 Å². The summed E-state index contributed by atoms with van der Waals surface area (Å²) in [5.41, 5.74) is 3.90. The van der Waals surface area contributed by atoms with Crippen molar-refractivity contribution in [1.82, 2.24) is 5.32 Å². The fourth-order valence-electron chi connectivity index (χ4n) is 2.39. The number of benzene rings is 2. The van der Waals surface area contributed by atoms with E-state index in [9.17, 15) is 0 Å². The molecule has 1 atom stereocenters. The molecule has 0 aliphatic heterocycles. The summed E-state index contributed by atoms with van der Waals surface area (Å²) in [4.78, 5) is 0. The first-order valence-corrected chi connectivity index (χ1v) is 7.66. The molecule has 2 heteroatoms. The van der Waals surface area contributed by atoms with Crippen LogP contribution in [-0.4, -0.2) is 20.2 Å². The average Bonchev–Trinajstić information content (AvgIpc) is 2.52. The summed E-state index contributed by atoms with van der Waals surface area (Å²) in [6, 6.07) is 19.2. The van der Waals surface area contributed by atoms with Gasteiger partial charge in [0.25, 0.3) is 0 Å². The molecule has 0 aliphatic rings. The molecule has 2 aromatic carbocycles. The summed E-state index contributed by atoms with van der Waals surface area (Å²) < 4.78 is 6.07. The van der Waals surface area contributed by atoms with Gasteiger partial charge < -0.3 is 10.1 Å². The number of ether oxygens (including phenoxy) is 1. The third-order valence-corrected chi connectivity index (χ3v) is 3.61. The quantitative estimate of drug-likeness (QED) is 0.742. The Labute approximate surface area is 128 Å². The summed E-state index contributed by atoms with van der Waals surface area (Å²) in [6.45, 7) is 3.74. The van der Waals surface area contributed by atoms with Gasteiger partial charge in [-0.3, -0.25) is 0 Å². The Bertz CT molecular complexity index is 507. The molecule has 0 fully saturated rings. The van der Waals surface area contributed by atoms with E-state index in [1.807, 2.05) is 7.05 Å². The molecule has 0 aliphatic carbocycles. The highest BCUT2D eigenvalue weighted by Gasteiger charge is 2.10. The Morgan fingerprint density at radius 2 is 1.71 bits per heavy atom. The van der Waals surface area contributed by atoms with Crippen molar-refractivity contribution < 1.29 is 4.74 Å². The first kappa shape index (κ1) is 15.7. The second-order valence-electron chi connectivity index (χ2n) is 5.42. The van der Waals surface area contributed by atoms with Crippen LogP contribution >= 0.6 is 0 Å². The van der Waals surface area contributed by atoms with Gasteiger partial charge in [0.2, 0.25) is 0 Å². The molecule has 2 rings (SSSR count). The molecule has 21 heavy (non-hydrogen) atoms. The Balaban J connectivity index is 1.81. The van der Waals surface area contributed by atoms with Crippen LogP contribution in [0.25, 0.3) is 0 Å². The van der Waals surface area contributed by atoms with E-state index in [-0.39, 0.29) is 6.10 Å². The fraction of sp³-hybridized carbons (Fsp3) is 0.368. The Hall–Kier alpha value is -1.64. The van der Waals surface area contributed by atoms with Crippen molar-refractivity contribution in [1.29, 1.82) is 0 Å². The largest absolute Gasteiger partial charge is 0.372 e. The number of hydrogen-bond donors (Lipinski definition) is 1. The van der Waals surface area contributed by atoms with Crippen molar-refractivity contribution in [3.8, 4) is 0 Å². The maximum Gasteiger partial charge on any atom is 0.0949 e. The van der Waals surface area contributed by atoms with E-state index in [1.165, 1.54) is 16.7 Å². The van der Waals surface area contributed by atoms with Gasteiger partial charge in [0.15, 0.2) is 0 Å². The molecule has 0 radical (unpaired) electrons. The molecule has 1 unspecified atom stereocenters. The minimum Gasteiger partial charge on any atom is -0.372 e. The first-order valence-electron chi connectivity index (χ1n) is 7.66. The van der Waals surface area contributed by atoms with E-state index in [2.05, 4.69) is 66.8 Å². The van der Waals surface area contributed by atoms with E-state index < -0.39 is 0 Å². The van der Waals surface area contributed by atoms with Crippen molar-refractivity contribution in [2.45, 2.75) is 25.9 Å². The highest BCUT2D eigenvalue weighted by molar-refractivity contribution is 5.23. The first-order chi connectivity index (χ1) is 10.3. The Morgan fingerprint density at radius 1 is 1.00 bits per heavy atom. The summed E-state index contributed by atoms with van der Waals surface area (Å²) in [6.07, 6.45) is 2.25. The molecule has 0 spiro atoms. The predicted molar refractivity (Wildman–Crippen MR) is 88.6 cm³/mol. The zero-order valence-electron chi connectivity index (χ0n) is 13.0. The molecular weight excluding hydrogens is 258 g/mol. The second kappa shape index (κ2) is 8.60. The van der Waals surface area contributed by atoms with Gasteiger partial charge >= 0.3 is 0 Å². The SMILES string of the molecule is CNCC(OCCCc1ccccc1)c1ccc(C)cc1. The molecule has 0 saturated heterocycles. The van der Waals surface area contributed by atoms with Crippen molar-refractivity contribution in [2.24, 2.45) is 0 Å². The lowest BCUT2D eigenvalue weighted by Crippen LogP contribution is -2.20. The van der Waals surface area contributed by atoms with E-state index in [0.29, 0.717) is 0 Å². The van der Waals surface area contributed by atoms with Gasteiger partial charge in [-0.05, 0) is 37.9 Å². The number of likely N-dealkylation sites (N-methyl/N-ethyl adjacent to an activating group) is 1. The summed E-state index contributed by atoms with van der Waals surface area (Å²) >= 11 is 0. The third-order valence-electron chi connectivity index (χ3n) is 3.61. The highest BCUT2D eigenvalue weighted by Crippen LogP contribution is 2.18. The van der Waals surface area contributed by atoms with Crippen molar-refractivity contribution in [3.05, 3.63) is 71.3 Å². The molecule has 2 nitrogen and oxygen atoms in total. The average molecular weight is 283 g/mol. The van der Waals surface area contributed by atoms with Crippen LogP contribution in [0.15, 0.2) is 54.6 Å². The Morgan fingerprint density at radius 3 is 2.38 bits per heavy atom. The third kappa shape index (κ3) is 5.33. The monoisotopic (exact) mass is 283 g/mol. The van der Waals surface area contributed by atoms with Gasteiger partial charge in [-0.2, -0.15) is 0 Å². The minimum absolute atomic E-state index is 0.131. The van der Waals surface area contributed by atoms with Gasteiger partial charge in [0, 0.05) is 13.2 Å². The molecule has 0 amide bonds. The molecule has 0 saturated carbocycles. The fourth-order valence-corrected chi connectivity index (χ4v) is 2.39. The number of hydrogen-bond acceptors (Lipinski definition) is 2. The van der Waals surface area contributed by atoms with Gasteiger partial charge in [0.1, 0.15) is 0 Å². The highest BCUT2D eigenvalue weighted by atomic mass is 16.5. The summed E-state index contributed by atoms with van der Waals surface area (Å²) in [7, 11) is 1.97. The Kier molecular flexibility index (Phi) is 6.45. The van der Waals surface area contributed by atoms with Crippen LogP contribution in [0.1, 0.15) is 29.2 Å². The van der Waals surface area contributed by atoms with Crippen LogP contribution < -0.4 is 5.32 Å². The van der Waals surface area contributed by atoms with Crippen LogP contribution in [0.4, 0.5) is 0 Å². The lowest BCUT2D eigenvalue weighted by molar-refractivity contribution is 0.0524. The van der Waals surface area contributed by atoms with E-state index >= 15 is 0 Å². The lowest BCUT2D eigenvalue weighted by Gasteiger charge is -2.18. The molecule has 0 heterocycles. The molecule has 112 valence electrons. The molecular formula is C19H25NO. The van der Waals surface area contributed by atoms with Gasteiger partial charge in [0.05, 0.1) is 6.10 Å². The smallest absolute Gasteiger partial charge is 0.0949 e. The minimum atomic E-state index is 0.131. The lowest BCUT2D eigenvalue weighted by atomic mass is 10.1. The van der Waals surface area contributed by atoms with Gasteiger partial charge in [-0.15, -0.1) is 0 Å². The van der Waals surface area contributed by atoms with E-state index in [0.717, 1.165) is 26.0 Å². The molecule has 1 N–H and O–H groups in total. The van der Waals surface area contributed by atoms with Crippen molar-refractivity contribution >= 4 is 0 Å². The zero-order chi connectivity index (χ0) is 14.9. The van der Waals surface area contributed by atoms with Crippen molar-refractivity contribution in [3.63, 3.8) is 0 Å². The molecule has 0 bridgehead atoms. The zero-order valence-corrected chi connectivity index (χ0v) is 13.0. The second-order valence-corrected chi connectivity index (χ2v) is 5.42. The number of nitrogens with one attached hydrogen (secondary N) is 1. The standard InChI is InChI=1S/C19H25NO/c1-16-10-12-18(13-11-16)19(15-20-2)21-14-6-9-17-7-4-3-5-8-17/h3-5,7-8,10-13,19-20H,6,9,14-15H2,1-2H3. The topological polar surface area (TPSA) is 21.3 Å². The number of aryl methyl sites for hydroxylation is 2. The normalized spacial score (nSPS) is 12.3. The summed E-state index contributed by atoms with van der Waals surface area (Å²) in [5.74, 6) is 0. The number of rotatable bonds is 8. The van der Waals surface area contributed by atoms with Gasteiger partial charge in [-0.1, -0.05) is 60.2 Å². The van der Waals surface area contributed by atoms with Crippen LogP contribution in [0.3, 0.4) is 0 Å². The van der Waals surface area contributed by atoms with Crippen molar-refractivity contribution in [2.75, 3.05) is 20.2 Å². The molecule has 0 aromatic heterocycles. The maximum absolute atomic E-state index is 6.07.